The van der Waals surface area contributed by atoms with E-state index in [1.165, 1.54) is 0 Å². The van der Waals surface area contributed by atoms with E-state index in [9.17, 15) is 0 Å². The van der Waals surface area contributed by atoms with E-state index < -0.39 is 0 Å². The standard InChI is InChI=1S/C16H18N2O2/c1-11-9-19-15-3-2-13(5-16(15)20-10-11)14-4-12(6-17)7-18-8-14/h2-5,7-8,11H,6,9-10,17H2,1H3. The minimum atomic E-state index is 0.396. The van der Waals surface area contributed by atoms with Crippen LogP contribution >= 0.6 is 0 Å². The number of nitrogens with two attached hydrogens (primary N) is 1. The van der Waals surface area contributed by atoms with Gasteiger partial charge in [0.05, 0.1) is 13.2 Å². The lowest BCUT2D eigenvalue weighted by Gasteiger charge is -2.09. The average Bonchev–Trinajstić information content (AvgIpc) is 2.69. The second kappa shape index (κ2) is 5.51. The average molecular weight is 270 g/mol. The zero-order chi connectivity index (χ0) is 13.9. The van der Waals surface area contributed by atoms with Gasteiger partial charge in [-0.2, -0.15) is 0 Å². The first kappa shape index (κ1) is 12.9. The molecule has 20 heavy (non-hydrogen) atoms. The Labute approximate surface area is 118 Å². The topological polar surface area (TPSA) is 57.4 Å². The van der Waals surface area contributed by atoms with Gasteiger partial charge in [0.25, 0.3) is 0 Å². The van der Waals surface area contributed by atoms with E-state index in [2.05, 4.69) is 18.0 Å². The normalized spacial score (nSPS) is 17.6. The maximum Gasteiger partial charge on any atom is 0.161 e. The van der Waals surface area contributed by atoms with Crippen LogP contribution in [0, 0.1) is 5.92 Å². The molecule has 2 aromatic rings. The third-order valence-corrected chi connectivity index (χ3v) is 3.35. The summed E-state index contributed by atoms with van der Waals surface area (Å²) in [5, 5.41) is 0. The first-order valence-electron chi connectivity index (χ1n) is 6.80. The van der Waals surface area contributed by atoms with Crippen LogP contribution in [0.25, 0.3) is 11.1 Å². The number of nitrogens with zero attached hydrogens (tertiary/aromatic N) is 1. The van der Waals surface area contributed by atoms with E-state index in [4.69, 9.17) is 15.2 Å². The molecule has 1 aliphatic heterocycles. The Bertz CT molecular complexity index is 613. The fourth-order valence-electron chi connectivity index (χ4n) is 2.19. The molecule has 0 bridgehead atoms. The van der Waals surface area contributed by atoms with Crippen molar-refractivity contribution in [1.82, 2.24) is 4.98 Å². The number of ether oxygens (including phenoxy) is 2. The molecular weight excluding hydrogens is 252 g/mol. The highest BCUT2D eigenvalue weighted by molar-refractivity contribution is 5.67. The SMILES string of the molecule is CC1COc2ccc(-c3cncc(CN)c3)cc2OC1. The summed E-state index contributed by atoms with van der Waals surface area (Å²) in [7, 11) is 0. The Balaban J connectivity index is 1.95. The molecule has 1 atom stereocenters. The molecule has 4 nitrogen and oxygen atoms in total. The molecule has 3 rings (SSSR count). The number of aromatic nitrogens is 1. The zero-order valence-corrected chi connectivity index (χ0v) is 11.5. The summed E-state index contributed by atoms with van der Waals surface area (Å²) in [6.45, 7) is 3.97. The minimum absolute atomic E-state index is 0.396. The second-order valence-electron chi connectivity index (χ2n) is 5.17. The molecule has 2 N–H and O–H groups in total. The van der Waals surface area contributed by atoms with Crippen LogP contribution in [-0.4, -0.2) is 18.2 Å². The van der Waals surface area contributed by atoms with E-state index in [-0.39, 0.29) is 0 Å². The summed E-state index contributed by atoms with van der Waals surface area (Å²) in [5.74, 6) is 2.00. The van der Waals surface area contributed by atoms with Gasteiger partial charge in [-0.05, 0) is 29.3 Å². The van der Waals surface area contributed by atoms with Crippen molar-refractivity contribution in [2.45, 2.75) is 13.5 Å². The summed E-state index contributed by atoms with van der Waals surface area (Å²) >= 11 is 0. The summed E-state index contributed by atoms with van der Waals surface area (Å²) in [5.41, 5.74) is 8.77. The van der Waals surface area contributed by atoms with E-state index in [0.717, 1.165) is 28.2 Å². The maximum atomic E-state index is 5.81. The number of fused-ring (bicyclic) bond motifs is 1. The van der Waals surface area contributed by atoms with Crippen molar-refractivity contribution in [2.75, 3.05) is 13.2 Å². The Morgan fingerprint density at radius 1 is 1.10 bits per heavy atom. The van der Waals surface area contributed by atoms with Gasteiger partial charge in [0.2, 0.25) is 0 Å². The van der Waals surface area contributed by atoms with Crippen molar-refractivity contribution < 1.29 is 9.47 Å². The van der Waals surface area contributed by atoms with Gasteiger partial charge in [0, 0.05) is 30.4 Å². The quantitative estimate of drug-likeness (QED) is 0.911. The van der Waals surface area contributed by atoms with Crippen LogP contribution in [0.4, 0.5) is 0 Å². The summed E-state index contributed by atoms with van der Waals surface area (Å²) in [4.78, 5) is 4.22. The summed E-state index contributed by atoms with van der Waals surface area (Å²) < 4.78 is 11.5. The van der Waals surface area contributed by atoms with Gasteiger partial charge in [-0.25, -0.2) is 0 Å². The smallest absolute Gasteiger partial charge is 0.161 e. The minimum Gasteiger partial charge on any atom is -0.489 e. The third kappa shape index (κ3) is 2.60. The molecule has 4 heteroatoms. The fourth-order valence-corrected chi connectivity index (χ4v) is 2.19. The van der Waals surface area contributed by atoms with Crippen molar-refractivity contribution in [2.24, 2.45) is 11.7 Å². The Morgan fingerprint density at radius 2 is 1.90 bits per heavy atom. The lowest BCUT2D eigenvalue weighted by molar-refractivity contribution is 0.228. The van der Waals surface area contributed by atoms with Gasteiger partial charge >= 0.3 is 0 Å². The van der Waals surface area contributed by atoms with Crippen LogP contribution < -0.4 is 15.2 Å². The van der Waals surface area contributed by atoms with Crippen LogP contribution in [0.5, 0.6) is 11.5 Å². The number of hydrogen-bond donors (Lipinski definition) is 1. The van der Waals surface area contributed by atoms with Gasteiger partial charge < -0.3 is 15.2 Å². The largest absolute Gasteiger partial charge is 0.489 e. The molecule has 1 aromatic carbocycles. The molecule has 2 heterocycles. The lowest BCUT2D eigenvalue weighted by atomic mass is 10.1. The molecular formula is C16H18N2O2. The van der Waals surface area contributed by atoms with E-state index in [1.807, 2.05) is 24.4 Å². The predicted molar refractivity (Wildman–Crippen MR) is 77.7 cm³/mol. The fraction of sp³-hybridized carbons (Fsp3) is 0.312. The van der Waals surface area contributed by atoms with E-state index in [1.54, 1.807) is 6.20 Å². The van der Waals surface area contributed by atoms with Crippen LogP contribution in [0.15, 0.2) is 36.7 Å². The summed E-state index contributed by atoms with van der Waals surface area (Å²) in [6, 6.07) is 8.03. The molecule has 0 fully saturated rings. The van der Waals surface area contributed by atoms with Crippen LogP contribution in [-0.2, 0) is 6.54 Å². The molecule has 0 radical (unpaired) electrons. The molecule has 0 saturated heterocycles. The summed E-state index contributed by atoms with van der Waals surface area (Å²) in [6.07, 6.45) is 3.62. The first-order valence-corrected chi connectivity index (χ1v) is 6.80. The molecule has 1 unspecified atom stereocenters. The van der Waals surface area contributed by atoms with Gasteiger partial charge in [0.15, 0.2) is 11.5 Å². The molecule has 1 aromatic heterocycles. The zero-order valence-electron chi connectivity index (χ0n) is 11.5. The highest BCUT2D eigenvalue weighted by Gasteiger charge is 2.15. The van der Waals surface area contributed by atoms with Crippen molar-refractivity contribution in [1.29, 1.82) is 0 Å². The van der Waals surface area contributed by atoms with Crippen molar-refractivity contribution in [3.63, 3.8) is 0 Å². The maximum absolute atomic E-state index is 5.81. The van der Waals surface area contributed by atoms with Crippen molar-refractivity contribution >= 4 is 0 Å². The van der Waals surface area contributed by atoms with E-state index in [0.29, 0.717) is 25.7 Å². The second-order valence-corrected chi connectivity index (χ2v) is 5.17. The molecule has 0 amide bonds. The van der Waals surface area contributed by atoms with Crippen LogP contribution in [0.2, 0.25) is 0 Å². The van der Waals surface area contributed by atoms with E-state index >= 15 is 0 Å². The lowest BCUT2D eigenvalue weighted by Crippen LogP contribution is -2.12. The van der Waals surface area contributed by atoms with Gasteiger partial charge in [-0.1, -0.05) is 13.0 Å². The molecule has 104 valence electrons. The van der Waals surface area contributed by atoms with Crippen LogP contribution in [0.3, 0.4) is 0 Å². The number of hydrogen-bond acceptors (Lipinski definition) is 4. The molecule has 0 spiro atoms. The number of benzene rings is 1. The van der Waals surface area contributed by atoms with Crippen LogP contribution in [0.1, 0.15) is 12.5 Å². The Kier molecular flexibility index (Phi) is 3.56. The molecule has 1 aliphatic rings. The van der Waals surface area contributed by atoms with Gasteiger partial charge in [0.1, 0.15) is 0 Å². The monoisotopic (exact) mass is 270 g/mol. The number of pyridine rings is 1. The highest BCUT2D eigenvalue weighted by Crippen LogP contribution is 2.34. The highest BCUT2D eigenvalue weighted by atomic mass is 16.5. The van der Waals surface area contributed by atoms with Gasteiger partial charge in [-0.15, -0.1) is 0 Å². The van der Waals surface area contributed by atoms with Crippen molar-refractivity contribution in [3.05, 3.63) is 42.2 Å². The molecule has 0 saturated carbocycles. The predicted octanol–water partition coefficient (Wildman–Crippen LogP) is 2.61. The number of rotatable bonds is 2. The third-order valence-electron chi connectivity index (χ3n) is 3.35. The molecule has 0 aliphatic carbocycles. The van der Waals surface area contributed by atoms with Gasteiger partial charge in [-0.3, -0.25) is 4.98 Å². The Hall–Kier alpha value is -2.07. The Morgan fingerprint density at radius 3 is 2.70 bits per heavy atom. The van der Waals surface area contributed by atoms with Crippen molar-refractivity contribution in [3.8, 4) is 22.6 Å². The first-order chi connectivity index (χ1) is 9.76.